The van der Waals surface area contributed by atoms with Gasteiger partial charge in [-0.2, -0.15) is 5.10 Å². The van der Waals surface area contributed by atoms with Crippen LogP contribution in [0, 0.1) is 11.7 Å². The van der Waals surface area contributed by atoms with Crippen LogP contribution in [0.15, 0.2) is 52.5 Å². The Morgan fingerprint density at radius 3 is 2.32 bits per heavy atom. The number of rotatable bonds is 5. The van der Waals surface area contributed by atoms with Crippen LogP contribution in [0.4, 0.5) is 18.9 Å². The summed E-state index contributed by atoms with van der Waals surface area (Å²) < 4.78 is 68.8. The molecule has 0 aliphatic carbocycles. The van der Waals surface area contributed by atoms with Crippen molar-refractivity contribution in [3.05, 3.63) is 53.8 Å². The summed E-state index contributed by atoms with van der Waals surface area (Å²) in [5.74, 6) is -1.29. The lowest BCUT2D eigenvalue weighted by molar-refractivity contribution is 0.219. The molecule has 6 nitrogen and oxygen atoms in total. The van der Waals surface area contributed by atoms with Crippen molar-refractivity contribution in [2.45, 2.75) is 24.3 Å². The average molecular weight is 413 g/mol. The molecule has 0 fully saturated rings. The van der Waals surface area contributed by atoms with E-state index in [9.17, 15) is 21.6 Å². The standard InChI is InChI=1S/C18H18F3N3O3S/c1-10-16(18(20)21)23-24(12-4-6-13(7-5-12)28(22,25)26)17(10)11-3-8-15(27-2)14(19)9-11/h3-10,17-18H,1-2H3,(H2,22,25,26). The molecule has 0 saturated carbocycles. The number of ether oxygens (including phenoxy) is 1. The molecule has 0 radical (unpaired) electrons. The third-order valence-corrected chi connectivity index (χ3v) is 5.53. The van der Waals surface area contributed by atoms with E-state index in [2.05, 4.69) is 5.10 Å². The van der Waals surface area contributed by atoms with E-state index in [0.717, 1.165) is 0 Å². The van der Waals surface area contributed by atoms with Gasteiger partial charge >= 0.3 is 0 Å². The fourth-order valence-corrected chi connectivity index (χ4v) is 3.71. The predicted octanol–water partition coefficient (Wildman–Crippen LogP) is 3.30. The quantitative estimate of drug-likeness (QED) is 0.815. The number of hydrogen-bond donors (Lipinski definition) is 1. The molecule has 0 saturated heterocycles. The summed E-state index contributed by atoms with van der Waals surface area (Å²) in [4.78, 5) is -0.117. The number of halogens is 3. The Balaban J connectivity index is 2.06. The van der Waals surface area contributed by atoms with Crippen molar-refractivity contribution in [2.75, 3.05) is 12.1 Å². The van der Waals surface area contributed by atoms with Crippen LogP contribution < -0.4 is 14.9 Å². The van der Waals surface area contributed by atoms with E-state index in [1.165, 1.54) is 48.5 Å². The molecule has 10 heteroatoms. The van der Waals surface area contributed by atoms with Gasteiger partial charge in [-0.3, -0.25) is 5.01 Å². The monoisotopic (exact) mass is 413 g/mol. The van der Waals surface area contributed by atoms with Crippen LogP contribution in [-0.4, -0.2) is 27.7 Å². The molecule has 28 heavy (non-hydrogen) atoms. The molecule has 0 aromatic heterocycles. The molecule has 1 aliphatic heterocycles. The van der Waals surface area contributed by atoms with Crippen LogP contribution >= 0.6 is 0 Å². The van der Waals surface area contributed by atoms with Crippen LogP contribution in [0.1, 0.15) is 18.5 Å². The summed E-state index contributed by atoms with van der Waals surface area (Å²) in [5.41, 5.74) is 0.466. The molecule has 2 aromatic rings. The third-order valence-electron chi connectivity index (χ3n) is 4.60. The molecular weight excluding hydrogens is 395 g/mol. The highest BCUT2D eigenvalue weighted by atomic mass is 32.2. The Labute approximate surface area is 160 Å². The highest BCUT2D eigenvalue weighted by Gasteiger charge is 2.40. The zero-order valence-corrected chi connectivity index (χ0v) is 15.8. The number of sulfonamides is 1. The number of methoxy groups -OCH3 is 1. The van der Waals surface area contributed by atoms with Crippen LogP contribution in [0.3, 0.4) is 0 Å². The smallest absolute Gasteiger partial charge is 0.278 e. The first-order valence-electron chi connectivity index (χ1n) is 8.25. The molecule has 2 N–H and O–H groups in total. The van der Waals surface area contributed by atoms with E-state index in [-0.39, 0.29) is 16.4 Å². The van der Waals surface area contributed by atoms with E-state index < -0.39 is 34.2 Å². The van der Waals surface area contributed by atoms with Gasteiger partial charge in [-0.15, -0.1) is 0 Å². The van der Waals surface area contributed by atoms with Gasteiger partial charge < -0.3 is 4.74 Å². The zero-order chi connectivity index (χ0) is 20.6. The second-order valence-corrected chi connectivity index (χ2v) is 7.90. The van der Waals surface area contributed by atoms with E-state index >= 15 is 0 Å². The molecule has 150 valence electrons. The van der Waals surface area contributed by atoms with Gasteiger partial charge in [-0.05, 0) is 42.0 Å². The molecule has 2 unspecified atom stereocenters. The maximum atomic E-state index is 14.2. The fraction of sp³-hybridized carbons (Fsp3) is 0.278. The van der Waals surface area contributed by atoms with Gasteiger partial charge in [0.1, 0.15) is 5.71 Å². The predicted molar refractivity (Wildman–Crippen MR) is 98.6 cm³/mol. The summed E-state index contributed by atoms with van der Waals surface area (Å²) in [6, 6.07) is 8.86. The van der Waals surface area contributed by atoms with E-state index in [0.29, 0.717) is 11.3 Å². The Hall–Kier alpha value is -2.59. The molecular formula is C18H18F3N3O3S. The highest BCUT2D eigenvalue weighted by molar-refractivity contribution is 7.89. The van der Waals surface area contributed by atoms with Crippen LogP contribution in [0.2, 0.25) is 0 Å². The number of nitrogens with zero attached hydrogens (tertiary/aromatic N) is 2. The number of primary sulfonamides is 1. The lowest BCUT2D eigenvalue weighted by Gasteiger charge is -2.27. The van der Waals surface area contributed by atoms with Crippen LogP contribution in [0.25, 0.3) is 0 Å². The van der Waals surface area contributed by atoms with Crippen molar-refractivity contribution in [2.24, 2.45) is 16.2 Å². The van der Waals surface area contributed by atoms with Gasteiger partial charge in [0.05, 0.1) is 23.7 Å². The van der Waals surface area contributed by atoms with Crippen LogP contribution in [-0.2, 0) is 10.0 Å². The summed E-state index contributed by atoms with van der Waals surface area (Å²) in [5, 5.41) is 10.4. The lowest BCUT2D eigenvalue weighted by Crippen LogP contribution is -2.25. The number of anilines is 1. The minimum atomic E-state index is -3.89. The summed E-state index contributed by atoms with van der Waals surface area (Å²) >= 11 is 0. The van der Waals surface area contributed by atoms with Crippen molar-refractivity contribution in [3.8, 4) is 5.75 Å². The van der Waals surface area contributed by atoms with E-state index in [4.69, 9.17) is 9.88 Å². The van der Waals surface area contributed by atoms with Crippen molar-refractivity contribution in [1.82, 2.24) is 0 Å². The van der Waals surface area contributed by atoms with Crippen molar-refractivity contribution in [3.63, 3.8) is 0 Å². The largest absolute Gasteiger partial charge is 0.494 e. The van der Waals surface area contributed by atoms with Gasteiger partial charge in [-0.25, -0.2) is 26.7 Å². The first-order valence-corrected chi connectivity index (χ1v) is 9.80. The Kier molecular flexibility index (Phi) is 5.35. The second-order valence-electron chi connectivity index (χ2n) is 6.34. The zero-order valence-electron chi connectivity index (χ0n) is 15.0. The first-order chi connectivity index (χ1) is 13.1. The SMILES string of the molecule is COc1ccc(C2C(C)C(C(F)F)=NN2c2ccc(S(N)(=O)=O)cc2)cc1F. The molecule has 0 amide bonds. The molecule has 1 aliphatic rings. The number of benzene rings is 2. The van der Waals surface area contributed by atoms with Gasteiger partial charge in [0.2, 0.25) is 10.0 Å². The van der Waals surface area contributed by atoms with Gasteiger partial charge in [0.25, 0.3) is 6.43 Å². The first kappa shape index (κ1) is 20.2. The van der Waals surface area contributed by atoms with Gasteiger partial charge in [-0.1, -0.05) is 13.0 Å². The molecule has 3 rings (SSSR count). The number of nitrogens with two attached hydrogens (primary N) is 1. The summed E-state index contributed by atoms with van der Waals surface area (Å²) in [6.07, 6.45) is -2.78. The molecule has 1 heterocycles. The Morgan fingerprint density at radius 2 is 1.82 bits per heavy atom. The van der Waals surface area contributed by atoms with Gasteiger partial charge in [0, 0.05) is 5.92 Å². The molecule has 2 aromatic carbocycles. The minimum Gasteiger partial charge on any atom is -0.494 e. The lowest BCUT2D eigenvalue weighted by atomic mass is 9.91. The maximum absolute atomic E-state index is 14.2. The Morgan fingerprint density at radius 1 is 1.18 bits per heavy atom. The highest BCUT2D eigenvalue weighted by Crippen LogP contribution is 2.41. The second kappa shape index (κ2) is 7.44. The number of hydrogen-bond acceptors (Lipinski definition) is 5. The number of alkyl halides is 2. The summed E-state index contributed by atoms with van der Waals surface area (Å²) in [6.45, 7) is 1.58. The van der Waals surface area contributed by atoms with Crippen molar-refractivity contribution < 1.29 is 26.3 Å². The summed E-state index contributed by atoms with van der Waals surface area (Å²) in [7, 11) is -2.57. The number of hydrazone groups is 1. The Bertz CT molecular complexity index is 1010. The maximum Gasteiger partial charge on any atom is 0.278 e. The normalized spacial score (nSPS) is 19.8. The van der Waals surface area contributed by atoms with E-state index in [1.54, 1.807) is 13.0 Å². The van der Waals surface area contributed by atoms with Gasteiger partial charge in [0.15, 0.2) is 11.6 Å². The molecule has 0 spiro atoms. The average Bonchev–Trinajstić information content (AvgIpc) is 2.98. The molecule has 0 bridgehead atoms. The van der Waals surface area contributed by atoms with Crippen molar-refractivity contribution >= 4 is 21.4 Å². The minimum absolute atomic E-state index is 0.0356. The van der Waals surface area contributed by atoms with Crippen LogP contribution in [0.5, 0.6) is 5.75 Å². The third kappa shape index (κ3) is 3.69. The fourth-order valence-electron chi connectivity index (χ4n) is 3.20. The van der Waals surface area contributed by atoms with E-state index in [1.807, 2.05) is 0 Å². The van der Waals surface area contributed by atoms with Crippen molar-refractivity contribution in [1.29, 1.82) is 0 Å². The topological polar surface area (TPSA) is 85.0 Å². The molecule has 2 atom stereocenters.